The molecule has 146 valence electrons. The van der Waals surface area contributed by atoms with Crippen LogP contribution in [0.25, 0.3) is 22.0 Å². The maximum absolute atomic E-state index is 12.7. The predicted octanol–water partition coefficient (Wildman–Crippen LogP) is 2.30. The van der Waals surface area contributed by atoms with Gasteiger partial charge in [0.15, 0.2) is 0 Å². The number of hydrogen-bond donors (Lipinski definition) is 3. The molecule has 3 rings (SSSR count). The minimum atomic E-state index is -0.287. The van der Waals surface area contributed by atoms with Crippen molar-refractivity contribution in [3.8, 4) is 16.9 Å². The van der Waals surface area contributed by atoms with Gasteiger partial charge in [0, 0.05) is 47.6 Å². The van der Waals surface area contributed by atoms with E-state index in [0.29, 0.717) is 28.9 Å². The fourth-order valence-electron chi connectivity index (χ4n) is 3.10. The summed E-state index contributed by atoms with van der Waals surface area (Å²) in [5.41, 5.74) is 2.32. The number of aliphatic hydroxyl groups excluding tert-OH is 1. The number of carbonyl (C=O) groups is 1. The Labute approximate surface area is 162 Å². The molecule has 0 saturated carbocycles. The Kier molecular flexibility index (Phi) is 5.96. The van der Waals surface area contributed by atoms with Crippen molar-refractivity contribution in [2.45, 2.75) is 13.5 Å². The molecule has 0 saturated heterocycles. The third kappa shape index (κ3) is 3.70. The number of aromatic amines is 1. The van der Waals surface area contributed by atoms with Crippen LogP contribution in [0.3, 0.4) is 0 Å². The SMILES string of the molecule is CC=CCn1cc(-c2cc(C(=O)NCCO)ccc2OC)c2cc[nH]c2c1=O. The number of aromatic nitrogens is 2. The lowest BCUT2D eigenvalue weighted by molar-refractivity contribution is 0.0945. The Morgan fingerprint density at radius 1 is 1.32 bits per heavy atom. The van der Waals surface area contributed by atoms with Crippen molar-refractivity contribution in [2.75, 3.05) is 20.3 Å². The number of aliphatic hydroxyl groups is 1. The first-order valence-corrected chi connectivity index (χ1v) is 8.99. The van der Waals surface area contributed by atoms with Gasteiger partial charge in [-0.05, 0) is 31.2 Å². The number of H-pyrrole nitrogens is 1. The van der Waals surface area contributed by atoms with E-state index in [9.17, 15) is 9.59 Å². The Hall–Kier alpha value is -3.32. The fourth-order valence-corrected chi connectivity index (χ4v) is 3.10. The van der Waals surface area contributed by atoms with Gasteiger partial charge in [-0.25, -0.2) is 0 Å². The summed E-state index contributed by atoms with van der Waals surface area (Å²) in [5, 5.41) is 12.3. The minimum Gasteiger partial charge on any atom is -0.496 e. The number of amides is 1. The van der Waals surface area contributed by atoms with Gasteiger partial charge in [-0.2, -0.15) is 0 Å². The summed E-state index contributed by atoms with van der Waals surface area (Å²) in [6.45, 7) is 2.39. The molecule has 2 aromatic heterocycles. The Bertz CT molecular complexity index is 1080. The molecule has 0 atom stereocenters. The van der Waals surface area contributed by atoms with Gasteiger partial charge >= 0.3 is 0 Å². The maximum Gasteiger partial charge on any atom is 0.275 e. The lowest BCUT2D eigenvalue weighted by atomic mass is 10.00. The lowest BCUT2D eigenvalue weighted by Crippen LogP contribution is -2.26. The van der Waals surface area contributed by atoms with Crippen LogP contribution in [0.2, 0.25) is 0 Å². The highest BCUT2D eigenvalue weighted by atomic mass is 16.5. The molecule has 0 aliphatic heterocycles. The number of allylic oxidation sites excluding steroid dienone is 2. The highest BCUT2D eigenvalue weighted by Crippen LogP contribution is 2.34. The van der Waals surface area contributed by atoms with E-state index in [0.717, 1.165) is 10.9 Å². The van der Waals surface area contributed by atoms with Crippen molar-refractivity contribution in [3.63, 3.8) is 0 Å². The molecule has 0 unspecified atom stereocenters. The molecule has 7 nitrogen and oxygen atoms in total. The summed E-state index contributed by atoms with van der Waals surface area (Å²) < 4.78 is 7.13. The number of pyridine rings is 1. The summed E-state index contributed by atoms with van der Waals surface area (Å²) in [4.78, 5) is 28.0. The van der Waals surface area contributed by atoms with E-state index >= 15 is 0 Å². The second-order valence-corrected chi connectivity index (χ2v) is 6.23. The number of hydrogen-bond acceptors (Lipinski definition) is 4. The molecular formula is C21H23N3O4. The van der Waals surface area contributed by atoms with E-state index in [1.165, 1.54) is 0 Å². The monoisotopic (exact) mass is 381 g/mol. The average Bonchev–Trinajstić information content (AvgIpc) is 3.21. The van der Waals surface area contributed by atoms with Crippen molar-refractivity contribution in [2.24, 2.45) is 0 Å². The molecule has 7 heteroatoms. The summed E-state index contributed by atoms with van der Waals surface area (Å²) in [7, 11) is 1.56. The largest absolute Gasteiger partial charge is 0.496 e. The normalized spacial score (nSPS) is 11.2. The highest BCUT2D eigenvalue weighted by molar-refractivity contribution is 6.00. The third-order valence-electron chi connectivity index (χ3n) is 4.48. The smallest absolute Gasteiger partial charge is 0.275 e. The average molecular weight is 381 g/mol. The first-order chi connectivity index (χ1) is 13.6. The van der Waals surface area contributed by atoms with Gasteiger partial charge in [0.05, 0.1) is 13.7 Å². The Morgan fingerprint density at radius 3 is 2.86 bits per heavy atom. The van der Waals surface area contributed by atoms with Crippen LogP contribution in [-0.2, 0) is 6.54 Å². The van der Waals surface area contributed by atoms with Crippen LogP contribution < -0.4 is 15.6 Å². The van der Waals surface area contributed by atoms with Crippen LogP contribution in [-0.4, -0.2) is 40.8 Å². The number of ether oxygens (including phenoxy) is 1. The van der Waals surface area contributed by atoms with E-state index in [1.54, 1.807) is 42.3 Å². The van der Waals surface area contributed by atoms with Crippen LogP contribution in [0.5, 0.6) is 5.75 Å². The summed E-state index contributed by atoms with van der Waals surface area (Å²) in [5.74, 6) is 0.308. The molecule has 0 spiro atoms. The van der Waals surface area contributed by atoms with Crippen LogP contribution in [0.1, 0.15) is 17.3 Å². The van der Waals surface area contributed by atoms with Crippen LogP contribution >= 0.6 is 0 Å². The van der Waals surface area contributed by atoms with E-state index in [2.05, 4.69) is 10.3 Å². The van der Waals surface area contributed by atoms with Crippen LogP contribution in [0, 0.1) is 0 Å². The molecule has 0 fully saturated rings. The van der Waals surface area contributed by atoms with E-state index in [-0.39, 0.29) is 24.6 Å². The van der Waals surface area contributed by atoms with Crippen molar-refractivity contribution >= 4 is 16.8 Å². The third-order valence-corrected chi connectivity index (χ3v) is 4.48. The zero-order valence-electron chi connectivity index (χ0n) is 15.9. The van der Waals surface area contributed by atoms with Crippen molar-refractivity contribution in [1.82, 2.24) is 14.9 Å². The van der Waals surface area contributed by atoms with Crippen LogP contribution in [0.15, 0.2) is 53.6 Å². The second kappa shape index (κ2) is 8.58. The van der Waals surface area contributed by atoms with E-state index in [4.69, 9.17) is 9.84 Å². The topological polar surface area (TPSA) is 96.3 Å². The number of methoxy groups -OCH3 is 1. The number of rotatable bonds is 7. The Balaban J connectivity index is 2.20. The van der Waals surface area contributed by atoms with Crippen molar-refractivity contribution < 1.29 is 14.6 Å². The molecule has 3 N–H and O–H groups in total. The number of carbonyl (C=O) groups excluding carboxylic acids is 1. The zero-order chi connectivity index (χ0) is 20.1. The first-order valence-electron chi connectivity index (χ1n) is 8.99. The number of nitrogens with zero attached hydrogens (tertiary/aromatic N) is 1. The molecule has 0 bridgehead atoms. The van der Waals surface area contributed by atoms with Gasteiger partial charge in [0.1, 0.15) is 11.3 Å². The van der Waals surface area contributed by atoms with Crippen molar-refractivity contribution in [1.29, 1.82) is 0 Å². The second-order valence-electron chi connectivity index (χ2n) is 6.23. The number of nitrogens with one attached hydrogen (secondary N) is 2. The van der Waals surface area contributed by atoms with Gasteiger partial charge in [-0.1, -0.05) is 12.2 Å². The maximum atomic E-state index is 12.7. The van der Waals surface area contributed by atoms with Gasteiger partial charge in [0.25, 0.3) is 11.5 Å². The number of fused-ring (bicyclic) bond motifs is 1. The molecule has 0 aliphatic rings. The lowest BCUT2D eigenvalue weighted by Gasteiger charge is -2.14. The van der Waals surface area contributed by atoms with E-state index in [1.807, 2.05) is 25.1 Å². The molecule has 1 amide bonds. The van der Waals surface area contributed by atoms with Gasteiger partial charge in [-0.3, -0.25) is 9.59 Å². The van der Waals surface area contributed by atoms with Gasteiger partial charge in [0.2, 0.25) is 0 Å². The molecule has 2 heterocycles. The fraction of sp³-hybridized carbons (Fsp3) is 0.238. The molecule has 3 aromatic rings. The van der Waals surface area contributed by atoms with Crippen molar-refractivity contribution in [3.05, 3.63) is 64.7 Å². The number of benzene rings is 1. The quantitative estimate of drug-likeness (QED) is 0.547. The summed E-state index contributed by atoms with van der Waals surface area (Å²) >= 11 is 0. The molecule has 0 radical (unpaired) electrons. The van der Waals surface area contributed by atoms with Gasteiger partial charge < -0.3 is 24.7 Å². The standard InChI is InChI=1S/C21H23N3O4/c1-3-4-10-24-13-17(15-7-8-22-19(15)21(24)27)16-12-14(5-6-18(16)28-2)20(26)23-9-11-25/h3-8,12-13,22,25H,9-11H2,1-2H3,(H,23,26). The van der Waals surface area contributed by atoms with E-state index < -0.39 is 0 Å². The molecule has 1 aromatic carbocycles. The zero-order valence-corrected chi connectivity index (χ0v) is 15.9. The summed E-state index contributed by atoms with van der Waals surface area (Å²) in [6.07, 6.45) is 7.29. The predicted molar refractivity (Wildman–Crippen MR) is 109 cm³/mol. The van der Waals surface area contributed by atoms with Gasteiger partial charge in [-0.15, -0.1) is 0 Å². The first kappa shape index (κ1) is 19.4. The molecule has 28 heavy (non-hydrogen) atoms. The highest BCUT2D eigenvalue weighted by Gasteiger charge is 2.17. The summed E-state index contributed by atoms with van der Waals surface area (Å²) in [6, 6.07) is 6.96. The Morgan fingerprint density at radius 2 is 2.14 bits per heavy atom. The molecular weight excluding hydrogens is 358 g/mol. The van der Waals surface area contributed by atoms with Crippen LogP contribution in [0.4, 0.5) is 0 Å². The minimum absolute atomic E-state index is 0.113. The molecule has 0 aliphatic carbocycles.